The molecule has 2 aromatic carbocycles. The van der Waals surface area contributed by atoms with Crippen LogP contribution in [0, 0.1) is 5.82 Å². The van der Waals surface area contributed by atoms with E-state index in [9.17, 15) is 18.8 Å². The number of nitrogens with one attached hydrogen (secondary N) is 2. The zero-order valence-corrected chi connectivity index (χ0v) is 18.8. The van der Waals surface area contributed by atoms with Gasteiger partial charge in [-0.3, -0.25) is 14.9 Å². The number of carbonyl (C=O) groups is 3. The molecule has 176 valence electrons. The smallest absolute Gasteiger partial charge is 0.322 e. The molecule has 0 spiro atoms. The van der Waals surface area contributed by atoms with Gasteiger partial charge >= 0.3 is 6.03 Å². The van der Waals surface area contributed by atoms with Crippen LogP contribution in [0.2, 0.25) is 0 Å². The summed E-state index contributed by atoms with van der Waals surface area (Å²) in [5.41, 5.74) is 0.814. The summed E-state index contributed by atoms with van der Waals surface area (Å²) in [5, 5.41) is 5.02. The molecule has 3 aromatic rings. The molecule has 1 heterocycles. The number of amides is 4. The Morgan fingerprint density at radius 1 is 0.971 bits per heavy atom. The lowest BCUT2D eigenvalue weighted by Gasteiger charge is -2.17. The van der Waals surface area contributed by atoms with Crippen LogP contribution in [0.25, 0.3) is 0 Å². The van der Waals surface area contributed by atoms with Gasteiger partial charge in [0.2, 0.25) is 17.7 Å². The van der Waals surface area contributed by atoms with Crippen molar-refractivity contribution in [3.8, 4) is 11.6 Å². The maximum Gasteiger partial charge on any atom is 0.322 e. The molecular formula is C23H23FN6O4. The van der Waals surface area contributed by atoms with Gasteiger partial charge in [0.25, 0.3) is 0 Å². The van der Waals surface area contributed by atoms with Crippen molar-refractivity contribution in [3.05, 3.63) is 66.7 Å². The second-order valence-electron chi connectivity index (χ2n) is 7.33. The molecule has 0 saturated heterocycles. The second kappa shape index (κ2) is 10.9. The normalized spacial score (nSPS) is 10.2. The van der Waals surface area contributed by atoms with E-state index in [0.29, 0.717) is 5.69 Å². The highest BCUT2D eigenvalue weighted by Gasteiger charge is 2.16. The van der Waals surface area contributed by atoms with Crippen molar-refractivity contribution in [2.45, 2.75) is 6.42 Å². The molecule has 34 heavy (non-hydrogen) atoms. The first kappa shape index (κ1) is 24.1. The van der Waals surface area contributed by atoms with E-state index in [4.69, 9.17) is 4.74 Å². The Kier molecular flexibility index (Phi) is 7.70. The quantitative estimate of drug-likeness (QED) is 0.515. The number of hydrogen-bond donors (Lipinski definition) is 2. The Labute approximate surface area is 195 Å². The van der Waals surface area contributed by atoms with Gasteiger partial charge in [-0.2, -0.15) is 0 Å². The minimum Gasteiger partial charge on any atom is -0.436 e. The molecule has 0 unspecified atom stereocenters. The van der Waals surface area contributed by atoms with Gasteiger partial charge in [-0.15, -0.1) is 0 Å². The number of nitrogens with zero attached hydrogens (tertiary/aromatic N) is 4. The molecule has 11 heteroatoms. The molecule has 0 bridgehead atoms. The van der Waals surface area contributed by atoms with Crippen LogP contribution in [-0.2, 0) is 9.59 Å². The van der Waals surface area contributed by atoms with Crippen LogP contribution in [0.4, 0.5) is 26.4 Å². The molecule has 0 aliphatic rings. The summed E-state index contributed by atoms with van der Waals surface area (Å²) in [6.07, 6.45) is 0.754. The number of urea groups is 1. The molecule has 3 rings (SSSR count). The monoisotopic (exact) mass is 466 g/mol. The Bertz CT molecular complexity index is 1190. The predicted octanol–water partition coefficient (Wildman–Crippen LogP) is 3.49. The molecule has 4 amide bonds. The average Bonchev–Trinajstić information content (AvgIpc) is 2.81. The maximum atomic E-state index is 14.5. The van der Waals surface area contributed by atoms with E-state index in [2.05, 4.69) is 20.6 Å². The molecule has 0 fully saturated rings. The lowest BCUT2D eigenvalue weighted by molar-refractivity contribution is -0.125. The van der Waals surface area contributed by atoms with Gasteiger partial charge in [-0.25, -0.2) is 19.2 Å². The van der Waals surface area contributed by atoms with Crippen LogP contribution in [0.5, 0.6) is 11.6 Å². The number of benzene rings is 2. The van der Waals surface area contributed by atoms with Gasteiger partial charge in [0.1, 0.15) is 18.6 Å². The largest absolute Gasteiger partial charge is 0.436 e. The van der Waals surface area contributed by atoms with Crippen molar-refractivity contribution in [2.24, 2.45) is 0 Å². The molecule has 0 aliphatic heterocycles. The van der Waals surface area contributed by atoms with Crippen molar-refractivity contribution in [3.63, 3.8) is 0 Å². The van der Waals surface area contributed by atoms with E-state index >= 15 is 0 Å². The van der Waals surface area contributed by atoms with Gasteiger partial charge in [0.05, 0.1) is 0 Å². The first-order chi connectivity index (χ1) is 16.2. The highest BCUT2D eigenvalue weighted by Crippen LogP contribution is 2.26. The molecule has 2 N–H and O–H groups in total. The molecule has 1 aromatic heterocycles. The summed E-state index contributed by atoms with van der Waals surface area (Å²) in [6, 6.07) is 13.6. The Balaban J connectivity index is 1.60. The summed E-state index contributed by atoms with van der Waals surface area (Å²) in [6.45, 7) is 0. The van der Waals surface area contributed by atoms with Crippen molar-refractivity contribution in [1.29, 1.82) is 0 Å². The van der Waals surface area contributed by atoms with Crippen LogP contribution in [0.1, 0.15) is 6.42 Å². The Hall–Kier alpha value is -4.54. The molecule has 0 saturated carbocycles. The predicted molar refractivity (Wildman–Crippen MR) is 124 cm³/mol. The number of halogens is 1. The second-order valence-corrected chi connectivity index (χ2v) is 7.33. The summed E-state index contributed by atoms with van der Waals surface area (Å²) in [4.78, 5) is 46.8. The Morgan fingerprint density at radius 3 is 2.38 bits per heavy atom. The SMILES string of the molecule is CN(C)C(=O)Nc1cc(Oc2ccc(NC(=O)CC(=O)N(C)c3ccccc3)cc2F)ncn1. The van der Waals surface area contributed by atoms with E-state index in [-0.39, 0.29) is 23.1 Å². The molecule has 10 nitrogen and oxygen atoms in total. The van der Waals surface area contributed by atoms with Crippen molar-refractivity contribution in [2.75, 3.05) is 36.7 Å². The molecule has 0 atom stereocenters. The summed E-state index contributed by atoms with van der Waals surface area (Å²) < 4.78 is 20.0. The van der Waals surface area contributed by atoms with E-state index in [1.165, 1.54) is 28.0 Å². The van der Waals surface area contributed by atoms with Crippen molar-refractivity contribution in [1.82, 2.24) is 14.9 Å². The van der Waals surface area contributed by atoms with E-state index in [1.54, 1.807) is 45.4 Å². The van der Waals surface area contributed by atoms with E-state index in [0.717, 1.165) is 12.4 Å². The topological polar surface area (TPSA) is 117 Å². The highest BCUT2D eigenvalue weighted by atomic mass is 19.1. The van der Waals surface area contributed by atoms with E-state index in [1.807, 2.05) is 6.07 Å². The van der Waals surface area contributed by atoms with Crippen LogP contribution < -0.4 is 20.3 Å². The van der Waals surface area contributed by atoms with Gasteiger partial charge in [-0.1, -0.05) is 18.2 Å². The first-order valence-electron chi connectivity index (χ1n) is 10.1. The molecular weight excluding hydrogens is 443 g/mol. The molecule has 0 radical (unpaired) electrons. The highest BCUT2D eigenvalue weighted by molar-refractivity contribution is 6.08. The van der Waals surface area contributed by atoms with Gasteiger partial charge in [0, 0.05) is 44.7 Å². The van der Waals surface area contributed by atoms with Crippen LogP contribution in [0.3, 0.4) is 0 Å². The lowest BCUT2D eigenvalue weighted by Crippen LogP contribution is -2.30. The van der Waals surface area contributed by atoms with Gasteiger partial charge < -0.3 is 19.9 Å². The third kappa shape index (κ3) is 6.48. The fourth-order valence-electron chi connectivity index (χ4n) is 2.72. The van der Waals surface area contributed by atoms with Crippen molar-refractivity contribution < 1.29 is 23.5 Å². The van der Waals surface area contributed by atoms with Crippen molar-refractivity contribution >= 4 is 35.0 Å². The number of aromatic nitrogens is 2. The summed E-state index contributed by atoms with van der Waals surface area (Å²) >= 11 is 0. The number of ether oxygens (including phenoxy) is 1. The van der Waals surface area contributed by atoms with Crippen LogP contribution >= 0.6 is 0 Å². The van der Waals surface area contributed by atoms with E-state index < -0.39 is 30.1 Å². The zero-order chi connectivity index (χ0) is 24.7. The Morgan fingerprint density at radius 2 is 1.71 bits per heavy atom. The van der Waals surface area contributed by atoms with Crippen LogP contribution in [-0.4, -0.2) is 53.9 Å². The standard InChI is InChI=1S/C23H23FN6O4/c1-29(2)23(33)28-19-12-21(26-14-25-19)34-18-10-9-15(11-17(18)24)27-20(31)13-22(32)30(3)16-7-5-4-6-8-16/h4-12,14H,13H2,1-3H3,(H,27,31)(H,25,26,28,33). The average molecular weight is 466 g/mol. The maximum absolute atomic E-state index is 14.5. The minimum absolute atomic E-state index is 0.00860. The zero-order valence-electron chi connectivity index (χ0n) is 18.8. The van der Waals surface area contributed by atoms with Gasteiger partial charge in [-0.05, 0) is 24.3 Å². The van der Waals surface area contributed by atoms with Gasteiger partial charge in [0.15, 0.2) is 11.6 Å². The summed E-state index contributed by atoms with van der Waals surface area (Å²) in [7, 11) is 4.71. The van der Waals surface area contributed by atoms with Crippen LogP contribution in [0.15, 0.2) is 60.9 Å². The third-order valence-electron chi connectivity index (χ3n) is 4.54. The summed E-state index contributed by atoms with van der Waals surface area (Å²) in [5.74, 6) is -1.72. The lowest BCUT2D eigenvalue weighted by atomic mass is 10.2. The first-order valence-corrected chi connectivity index (χ1v) is 10.1. The number of rotatable bonds is 7. The molecule has 0 aliphatic carbocycles. The fraction of sp³-hybridized carbons (Fsp3) is 0.174. The number of anilines is 3. The number of carbonyl (C=O) groups excluding carboxylic acids is 3. The fourth-order valence-corrected chi connectivity index (χ4v) is 2.72. The third-order valence-corrected chi connectivity index (χ3v) is 4.54. The minimum atomic E-state index is -0.761. The number of para-hydroxylation sites is 1. The number of hydrogen-bond acceptors (Lipinski definition) is 6.